The van der Waals surface area contributed by atoms with E-state index in [-0.39, 0.29) is 5.41 Å². The van der Waals surface area contributed by atoms with Crippen molar-refractivity contribution in [1.29, 1.82) is 0 Å². The lowest BCUT2D eigenvalue weighted by atomic mass is 9.63. The number of benzene rings is 6. The van der Waals surface area contributed by atoms with Gasteiger partial charge in [0.15, 0.2) is 6.71 Å². The fraction of sp³-hybridized carbons (Fsp3) is 0.122. The number of hydrogen-bond acceptors (Lipinski definition) is 1. The molecule has 1 heterocycles. The van der Waals surface area contributed by atoms with Crippen LogP contribution < -0.4 is 10.4 Å². The van der Waals surface area contributed by atoms with Crippen molar-refractivity contribution in [1.82, 2.24) is 0 Å². The van der Waals surface area contributed by atoms with Gasteiger partial charge in [-0.25, -0.2) is 0 Å². The first-order chi connectivity index (χ1) is 21.1. The predicted molar refractivity (Wildman–Crippen MR) is 185 cm³/mol. The molecule has 1 aliphatic heterocycles. The fourth-order valence-corrected chi connectivity index (χ4v) is 6.88. The molecule has 2 heteroatoms. The molecule has 1 saturated heterocycles. The average molecular weight is 552 g/mol. The third kappa shape index (κ3) is 4.59. The monoisotopic (exact) mass is 551 g/mol. The minimum atomic E-state index is -0.00276. The van der Waals surface area contributed by atoms with Gasteiger partial charge in [0.05, 0.1) is 0 Å². The van der Waals surface area contributed by atoms with Crippen LogP contribution in [0.4, 0.5) is 17.1 Å². The lowest BCUT2D eigenvalue weighted by molar-refractivity contribution is 0.660. The van der Waals surface area contributed by atoms with Gasteiger partial charge < -0.3 is 4.90 Å². The molecule has 6 aromatic rings. The minimum Gasteiger partial charge on any atom is -0.311 e. The second-order valence-corrected chi connectivity index (χ2v) is 12.6. The van der Waals surface area contributed by atoms with Crippen LogP contribution in [0.15, 0.2) is 146 Å². The maximum atomic E-state index is 2.40. The normalized spacial score (nSPS) is 14.2. The van der Waals surface area contributed by atoms with E-state index in [0.29, 0.717) is 0 Å². The maximum Gasteiger partial charge on any atom is 0.174 e. The van der Waals surface area contributed by atoms with Crippen LogP contribution in [0.1, 0.15) is 25.0 Å². The number of hydrogen-bond donors (Lipinski definition) is 0. The summed E-state index contributed by atoms with van der Waals surface area (Å²) >= 11 is 0. The summed E-state index contributed by atoms with van der Waals surface area (Å²) in [6, 6.07) is 53.7. The van der Waals surface area contributed by atoms with Gasteiger partial charge >= 0.3 is 0 Å². The van der Waals surface area contributed by atoms with Crippen LogP contribution in [-0.2, 0) is 5.41 Å². The molecule has 0 saturated carbocycles. The van der Waals surface area contributed by atoms with Crippen LogP contribution >= 0.6 is 0 Å². The van der Waals surface area contributed by atoms with Gasteiger partial charge in [-0.15, -0.1) is 0 Å². The molecule has 0 unspecified atom stereocenters. The summed E-state index contributed by atoms with van der Waals surface area (Å²) in [4.78, 5) is 2.37. The zero-order valence-corrected chi connectivity index (χ0v) is 24.8. The Labute approximate surface area is 255 Å². The Balaban J connectivity index is 1.15. The molecule has 1 nitrogen and oxygen atoms in total. The van der Waals surface area contributed by atoms with Gasteiger partial charge in [-0.05, 0) is 87.0 Å². The van der Waals surface area contributed by atoms with Gasteiger partial charge in [0.2, 0.25) is 0 Å². The van der Waals surface area contributed by atoms with Crippen molar-refractivity contribution in [2.75, 3.05) is 4.90 Å². The fourth-order valence-electron chi connectivity index (χ4n) is 6.88. The molecule has 0 amide bonds. The highest BCUT2D eigenvalue weighted by Gasteiger charge is 2.35. The second kappa shape index (κ2) is 10.2. The Hall–Kier alpha value is -4.82. The third-order valence-electron chi connectivity index (χ3n) is 9.47. The zero-order chi connectivity index (χ0) is 29.0. The van der Waals surface area contributed by atoms with Crippen LogP contribution in [0.5, 0.6) is 0 Å². The van der Waals surface area contributed by atoms with E-state index in [9.17, 15) is 0 Å². The van der Waals surface area contributed by atoms with Crippen LogP contribution in [0.25, 0.3) is 33.4 Å². The average Bonchev–Trinajstić information content (AvgIpc) is 3.89. The largest absolute Gasteiger partial charge is 0.311 e. The molecule has 0 radical (unpaired) electrons. The lowest BCUT2D eigenvalue weighted by Gasteiger charge is -2.26. The molecule has 0 bridgehead atoms. The predicted octanol–water partition coefficient (Wildman–Crippen LogP) is 10.5. The number of rotatable bonds is 6. The van der Waals surface area contributed by atoms with Crippen LogP contribution in [0.3, 0.4) is 0 Å². The summed E-state index contributed by atoms with van der Waals surface area (Å²) < 4.78 is 0. The molecule has 0 N–H and O–H groups in total. The Morgan fingerprint density at radius 1 is 0.465 bits per heavy atom. The minimum absolute atomic E-state index is 0.00276. The Bertz CT molecular complexity index is 1920. The van der Waals surface area contributed by atoms with E-state index >= 15 is 0 Å². The van der Waals surface area contributed by atoms with E-state index in [1.807, 2.05) is 0 Å². The lowest BCUT2D eigenvalue weighted by Crippen LogP contribution is -2.16. The second-order valence-electron chi connectivity index (χ2n) is 12.6. The van der Waals surface area contributed by atoms with Gasteiger partial charge in [0.1, 0.15) is 0 Å². The molecule has 43 heavy (non-hydrogen) atoms. The summed E-state index contributed by atoms with van der Waals surface area (Å²) in [7, 11) is 0. The molecule has 8 rings (SSSR count). The summed E-state index contributed by atoms with van der Waals surface area (Å²) in [6.45, 7) is 5.44. The molecular weight excluding hydrogens is 517 g/mol. The Kier molecular flexibility index (Phi) is 6.12. The van der Waals surface area contributed by atoms with Gasteiger partial charge in [0.25, 0.3) is 0 Å². The van der Waals surface area contributed by atoms with Crippen molar-refractivity contribution < 1.29 is 0 Å². The molecule has 2 aliphatic rings. The summed E-state index contributed by atoms with van der Waals surface area (Å²) in [5.74, 6) is 0. The molecule has 0 spiro atoms. The van der Waals surface area contributed by atoms with Crippen molar-refractivity contribution in [3.63, 3.8) is 0 Å². The molecule has 1 fully saturated rings. The molecule has 0 atom stereocenters. The van der Waals surface area contributed by atoms with Crippen molar-refractivity contribution in [2.24, 2.45) is 0 Å². The zero-order valence-electron chi connectivity index (χ0n) is 24.8. The first-order valence-electron chi connectivity index (χ1n) is 15.5. The Morgan fingerprint density at radius 3 is 1.58 bits per heavy atom. The number of anilines is 3. The van der Waals surface area contributed by atoms with Gasteiger partial charge in [-0.1, -0.05) is 135 Å². The smallest absolute Gasteiger partial charge is 0.174 e. The summed E-state index contributed by atoms with van der Waals surface area (Å²) in [5, 5.41) is 0. The van der Waals surface area contributed by atoms with Crippen molar-refractivity contribution in [2.45, 2.75) is 31.9 Å². The molecule has 206 valence electrons. The summed E-state index contributed by atoms with van der Waals surface area (Å²) in [6.07, 6.45) is 2.63. The van der Waals surface area contributed by atoms with Crippen molar-refractivity contribution in [3.8, 4) is 33.4 Å². The maximum absolute atomic E-state index is 2.40. The highest BCUT2D eigenvalue weighted by atomic mass is 15.1. The third-order valence-corrected chi connectivity index (χ3v) is 9.47. The van der Waals surface area contributed by atoms with E-state index < -0.39 is 0 Å². The SMILES string of the molecule is CC1(C)c2ccccc2-c2ccc(-c3ccc(N(c4ccc(B5CC5)cc4)c4ccc(-c5ccccc5)cc4)cc3)cc21. The molecule has 1 aliphatic carbocycles. The topological polar surface area (TPSA) is 3.24 Å². The molecular formula is C41H34BN. The van der Waals surface area contributed by atoms with Crippen LogP contribution in [0, 0.1) is 0 Å². The van der Waals surface area contributed by atoms with E-state index in [1.165, 1.54) is 68.3 Å². The van der Waals surface area contributed by atoms with Gasteiger partial charge in [0, 0.05) is 22.5 Å². The molecule has 0 aromatic heterocycles. The van der Waals surface area contributed by atoms with Gasteiger partial charge in [-0.3, -0.25) is 0 Å². The Morgan fingerprint density at radius 2 is 0.953 bits per heavy atom. The first-order valence-corrected chi connectivity index (χ1v) is 15.5. The van der Waals surface area contributed by atoms with E-state index in [2.05, 4.69) is 164 Å². The highest BCUT2D eigenvalue weighted by molar-refractivity contribution is 6.82. The van der Waals surface area contributed by atoms with Gasteiger partial charge in [-0.2, -0.15) is 0 Å². The van der Waals surface area contributed by atoms with E-state index in [4.69, 9.17) is 0 Å². The first kappa shape index (κ1) is 25.9. The molecule has 6 aromatic carbocycles. The van der Waals surface area contributed by atoms with E-state index in [1.54, 1.807) is 0 Å². The quantitative estimate of drug-likeness (QED) is 0.186. The van der Waals surface area contributed by atoms with E-state index in [0.717, 1.165) is 18.1 Å². The number of fused-ring (bicyclic) bond motifs is 3. The highest BCUT2D eigenvalue weighted by Crippen LogP contribution is 2.49. The van der Waals surface area contributed by atoms with Crippen molar-refractivity contribution in [3.05, 3.63) is 157 Å². The van der Waals surface area contributed by atoms with Crippen LogP contribution in [0.2, 0.25) is 12.6 Å². The van der Waals surface area contributed by atoms with Crippen molar-refractivity contribution >= 4 is 29.2 Å². The number of nitrogens with zero attached hydrogens (tertiary/aromatic N) is 1. The standard InChI is InChI=1S/C41H34BN/c1-41(2)39-11-7-6-10-37(39)38-25-16-32(28-40(38)41)31-14-21-35(22-15-31)43(36-23-17-33(18-24-36)42-26-27-42)34-19-12-30(13-20-34)29-8-4-3-5-9-29/h3-25,28H,26-27H2,1-2H3. The summed E-state index contributed by atoms with van der Waals surface area (Å²) in [5.41, 5.74) is 15.5. The van der Waals surface area contributed by atoms with Crippen LogP contribution in [-0.4, -0.2) is 6.71 Å².